The van der Waals surface area contributed by atoms with Crippen LogP contribution in [0.5, 0.6) is 23.0 Å². The number of furan rings is 1. The van der Waals surface area contributed by atoms with Gasteiger partial charge in [0.25, 0.3) is 0 Å². The van der Waals surface area contributed by atoms with E-state index in [4.69, 9.17) is 28.5 Å². The number of hydrazone groups is 1. The Bertz CT molecular complexity index is 1210. The zero-order valence-corrected chi connectivity index (χ0v) is 20.2. The van der Waals surface area contributed by atoms with Crippen LogP contribution in [0.15, 0.2) is 62.7 Å². The molecule has 1 aromatic heterocycles. The largest absolute Gasteiger partial charge is 0.493 e. The molecule has 0 bridgehead atoms. The summed E-state index contributed by atoms with van der Waals surface area (Å²) >= 11 is 3.25. The minimum atomic E-state index is -0.436. The summed E-state index contributed by atoms with van der Waals surface area (Å²) in [5.74, 6) is 2.11. The smallest absolute Gasteiger partial charge is 0.310 e. The first-order valence-corrected chi connectivity index (χ1v) is 10.9. The van der Waals surface area contributed by atoms with E-state index in [1.165, 1.54) is 5.01 Å². The third-order valence-electron chi connectivity index (χ3n) is 5.41. The molecule has 0 aliphatic carbocycles. The monoisotopic (exact) mass is 514 g/mol. The van der Waals surface area contributed by atoms with Crippen molar-refractivity contribution in [2.75, 3.05) is 28.4 Å². The fraction of sp³-hybridized carbons (Fsp3) is 0.250. The van der Waals surface area contributed by atoms with Crippen molar-refractivity contribution in [2.45, 2.75) is 12.5 Å². The van der Waals surface area contributed by atoms with E-state index < -0.39 is 6.04 Å². The number of amides is 1. The Morgan fingerprint density at radius 1 is 0.970 bits per heavy atom. The van der Waals surface area contributed by atoms with E-state index in [-0.39, 0.29) is 11.7 Å². The standard InChI is InChI=1S/C24H23BrN2O6/c1-29-18-9-8-14(12-21(18)31-3)16-13-17(15-6-5-7-19(30-2)23(15)32-4)27(26-16)24(28)20-10-11-22(25)33-20/h5-12,17H,13H2,1-4H3/t17-/m0/s1. The number of halogens is 1. The second-order valence-electron chi connectivity index (χ2n) is 7.17. The fourth-order valence-electron chi connectivity index (χ4n) is 3.85. The number of rotatable bonds is 7. The molecular weight excluding hydrogens is 492 g/mol. The van der Waals surface area contributed by atoms with Crippen LogP contribution in [0, 0.1) is 0 Å². The topological polar surface area (TPSA) is 82.7 Å². The number of methoxy groups -OCH3 is 4. The Hall–Kier alpha value is -3.46. The van der Waals surface area contributed by atoms with Gasteiger partial charge in [-0.05, 0) is 52.3 Å². The predicted molar refractivity (Wildman–Crippen MR) is 126 cm³/mol. The van der Waals surface area contributed by atoms with Crippen LogP contribution in [0.1, 0.15) is 34.1 Å². The van der Waals surface area contributed by atoms with Gasteiger partial charge in [0.2, 0.25) is 0 Å². The normalized spacial score (nSPS) is 15.2. The highest BCUT2D eigenvalue weighted by atomic mass is 79.9. The third kappa shape index (κ3) is 4.28. The van der Waals surface area contributed by atoms with Crippen LogP contribution < -0.4 is 18.9 Å². The van der Waals surface area contributed by atoms with E-state index in [1.807, 2.05) is 36.4 Å². The quantitative estimate of drug-likeness (QED) is 0.437. The molecule has 0 spiro atoms. The lowest BCUT2D eigenvalue weighted by Crippen LogP contribution is -2.27. The molecule has 1 amide bonds. The number of carbonyl (C=O) groups excluding carboxylic acids is 1. The van der Waals surface area contributed by atoms with Gasteiger partial charge < -0.3 is 23.4 Å². The summed E-state index contributed by atoms with van der Waals surface area (Å²) in [6, 6.07) is 13.9. The summed E-state index contributed by atoms with van der Waals surface area (Å²) in [6.45, 7) is 0. The van der Waals surface area contributed by atoms with Crippen LogP contribution in [0.25, 0.3) is 0 Å². The molecule has 0 saturated heterocycles. The molecule has 4 rings (SSSR count). The molecule has 9 heteroatoms. The van der Waals surface area contributed by atoms with Crippen LogP contribution >= 0.6 is 15.9 Å². The Labute approximate surface area is 199 Å². The molecule has 1 aliphatic heterocycles. The molecule has 1 atom stereocenters. The minimum absolute atomic E-state index is 0.172. The molecule has 2 heterocycles. The van der Waals surface area contributed by atoms with Crippen LogP contribution in [0.2, 0.25) is 0 Å². The van der Waals surface area contributed by atoms with Gasteiger partial charge in [0.05, 0.1) is 40.2 Å². The highest BCUT2D eigenvalue weighted by molar-refractivity contribution is 9.10. The van der Waals surface area contributed by atoms with Gasteiger partial charge in [-0.1, -0.05) is 12.1 Å². The van der Waals surface area contributed by atoms with E-state index in [2.05, 4.69) is 15.9 Å². The average Bonchev–Trinajstić information content (AvgIpc) is 3.49. The highest BCUT2D eigenvalue weighted by Gasteiger charge is 2.37. The number of ether oxygens (including phenoxy) is 4. The number of hydrogen-bond donors (Lipinski definition) is 0. The van der Waals surface area contributed by atoms with Crippen molar-refractivity contribution in [3.05, 3.63) is 70.1 Å². The van der Waals surface area contributed by atoms with Crippen LogP contribution in [0.3, 0.4) is 0 Å². The average molecular weight is 515 g/mol. The van der Waals surface area contributed by atoms with Crippen LogP contribution in [-0.2, 0) is 0 Å². The van der Waals surface area contributed by atoms with Crippen molar-refractivity contribution >= 4 is 27.5 Å². The van der Waals surface area contributed by atoms with Gasteiger partial charge in [0.1, 0.15) is 0 Å². The van der Waals surface area contributed by atoms with Gasteiger partial charge in [-0.3, -0.25) is 4.79 Å². The number of para-hydroxylation sites is 1. The van der Waals surface area contributed by atoms with Crippen molar-refractivity contribution in [1.82, 2.24) is 5.01 Å². The number of benzene rings is 2. The molecular formula is C24H23BrN2O6. The Morgan fingerprint density at radius 2 is 1.73 bits per heavy atom. The minimum Gasteiger partial charge on any atom is -0.493 e. The lowest BCUT2D eigenvalue weighted by Gasteiger charge is -2.23. The summed E-state index contributed by atoms with van der Waals surface area (Å²) in [5, 5.41) is 6.12. The van der Waals surface area contributed by atoms with E-state index in [0.29, 0.717) is 39.8 Å². The molecule has 1 aliphatic rings. The second kappa shape index (κ2) is 9.58. The molecule has 172 valence electrons. The first-order valence-electron chi connectivity index (χ1n) is 10.1. The summed E-state index contributed by atoms with van der Waals surface area (Å²) in [6.07, 6.45) is 0.451. The molecule has 8 nitrogen and oxygen atoms in total. The number of nitrogens with zero attached hydrogens (tertiary/aromatic N) is 2. The molecule has 2 aromatic carbocycles. The molecule has 3 aromatic rings. The maximum atomic E-state index is 13.4. The van der Waals surface area contributed by atoms with E-state index in [9.17, 15) is 4.79 Å². The molecule has 0 radical (unpaired) electrons. The van der Waals surface area contributed by atoms with Crippen molar-refractivity contribution < 1.29 is 28.2 Å². The predicted octanol–water partition coefficient (Wildman–Crippen LogP) is 5.07. The van der Waals surface area contributed by atoms with Gasteiger partial charge in [0.15, 0.2) is 33.4 Å². The van der Waals surface area contributed by atoms with Crippen molar-refractivity contribution in [2.24, 2.45) is 5.10 Å². The first-order chi connectivity index (χ1) is 16.0. The summed E-state index contributed by atoms with van der Waals surface area (Å²) in [7, 11) is 6.30. The Balaban J connectivity index is 1.80. The van der Waals surface area contributed by atoms with Crippen molar-refractivity contribution in [3.8, 4) is 23.0 Å². The van der Waals surface area contributed by atoms with E-state index >= 15 is 0 Å². The van der Waals surface area contributed by atoms with Gasteiger partial charge in [0, 0.05) is 17.5 Å². The third-order valence-corrected chi connectivity index (χ3v) is 5.84. The fourth-order valence-corrected chi connectivity index (χ4v) is 4.15. The maximum absolute atomic E-state index is 13.4. The Morgan fingerprint density at radius 3 is 2.36 bits per heavy atom. The lowest BCUT2D eigenvalue weighted by molar-refractivity contribution is 0.0675. The van der Waals surface area contributed by atoms with Gasteiger partial charge in [-0.15, -0.1) is 0 Å². The Kier molecular flexibility index (Phi) is 6.60. The lowest BCUT2D eigenvalue weighted by atomic mass is 9.97. The number of hydrogen-bond acceptors (Lipinski definition) is 7. The van der Waals surface area contributed by atoms with Crippen molar-refractivity contribution in [1.29, 1.82) is 0 Å². The zero-order chi connectivity index (χ0) is 23.5. The maximum Gasteiger partial charge on any atom is 0.310 e. The summed E-state index contributed by atoms with van der Waals surface area (Å²) < 4.78 is 27.9. The van der Waals surface area contributed by atoms with E-state index in [1.54, 1.807) is 40.6 Å². The number of carbonyl (C=O) groups is 1. The van der Waals surface area contributed by atoms with Crippen molar-refractivity contribution in [3.63, 3.8) is 0 Å². The second-order valence-corrected chi connectivity index (χ2v) is 7.95. The molecule has 0 unspecified atom stereocenters. The van der Waals surface area contributed by atoms with Crippen LogP contribution in [0.4, 0.5) is 0 Å². The zero-order valence-electron chi connectivity index (χ0n) is 18.6. The highest BCUT2D eigenvalue weighted by Crippen LogP contribution is 2.43. The molecule has 0 fully saturated rings. The van der Waals surface area contributed by atoms with Gasteiger partial charge >= 0.3 is 5.91 Å². The van der Waals surface area contributed by atoms with Crippen LogP contribution in [-0.4, -0.2) is 45.1 Å². The molecule has 33 heavy (non-hydrogen) atoms. The molecule has 0 saturated carbocycles. The first kappa shape index (κ1) is 22.7. The summed E-state index contributed by atoms with van der Waals surface area (Å²) in [4.78, 5) is 13.4. The SMILES string of the molecule is COc1ccc(C2=NN(C(=O)c3ccc(Br)o3)[C@H](c3cccc(OC)c3OC)C2)cc1OC. The van der Waals surface area contributed by atoms with Gasteiger partial charge in [-0.25, -0.2) is 5.01 Å². The van der Waals surface area contributed by atoms with Gasteiger partial charge in [-0.2, -0.15) is 5.10 Å². The molecule has 0 N–H and O–H groups in total. The summed E-state index contributed by atoms with van der Waals surface area (Å²) in [5.41, 5.74) is 2.30. The van der Waals surface area contributed by atoms with E-state index in [0.717, 1.165) is 11.1 Å².